The number of benzene rings is 1. The number of halogens is 2. The third-order valence-corrected chi connectivity index (χ3v) is 4.78. The average molecular weight is 496 g/mol. The van der Waals surface area contributed by atoms with Gasteiger partial charge in [0, 0.05) is 44.3 Å². The van der Waals surface area contributed by atoms with Crippen LogP contribution >= 0.6 is 35.6 Å². The third kappa shape index (κ3) is 7.98. The molecule has 0 radical (unpaired) electrons. The Morgan fingerprint density at radius 1 is 1.19 bits per heavy atom. The van der Waals surface area contributed by atoms with Gasteiger partial charge in [-0.05, 0) is 43.4 Å². The van der Waals surface area contributed by atoms with Gasteiger partial charge in [-0.25, -0.2) is 0 Å². The van der Waals surface area contributed by atoms with Crippen LogP contribution in [0.2, 0.25) is 5.02 Å². The van der Waals surface area contributed by atoms with Crippen LogP contribution < -0.4 is 10.6 Å². The molecule has 148 valence electrons. The van der Waals surface area contributed by atoms with Crippen LogP contribution in [0.3, 0.4) is 0 Å². The van der Waals surface area contributed by atoms with Gasteiger partial charge in [0.05, 0.1) is 13.2 Å². The predicted molar refractivity (Wildman–Crippen MR) is 119 cm³/mol. The Bertz CT molecular complexity index is 553. The molecule has 0 amide bonds. The molecule has 7 heteroatoms. The summed E-state index contributed by atoms with van der Waals surface area (Å²) in [6.45, 7) is 3.86. The average Bonchev–Trinajstić information content (AvgIpc) is 3.41. The van der Waals surface area contributed by atoms with Crippen molar-refractivity contribution >= 4 is 41.5 Å². The molecule has 0 aliphatic heterocycles. The Morgan fingerprint density at radius 3 is 2.65 bits per heavy atom. The number of unbranched alkanes of at least 4 members (excludes halogenated alkanes) is 1. The van der Waals surface area contributed by atoms with Crippen molar-refractivity contribution in [3.63, 3.8) is 0 Å². The lowest BCUT2D eigenvalue weighted by atomic mass is 9.96. The fourth-order valence-electron chi connectivity index (χ4n) is 2.79. The summed E-state index contributed by atoms with van der Waals surface area (Å²) in [4.78, 5) is 4.31. The number of nitrogens with one attached hydrogen (secondary N) is 2. The Balaban J connectivity index is 0.00000338. The zero-order valence-electron chi connectivity index (χ0n) is 15.7. The number of hydrogen-bond acceptors (Lipinski definition) is 3. The number of nitrogens with zero attached hydrogens (tertiary/aromatic N) is 1. The number of aliphatic imine (C=N–C) groups is 1. The molecular weight excluding hydrogens is 465 g/mol. The van der Waals surface area contributed by atoms with Gasteiger partial charge < -0.3 is 20.1 Å². The molecule has 1 aliphatic carbocycles. The lowest BCUT2D eigenvalue weighted by Gasteiger charge is -2.19. The van der Waals surface area contributed by atoms with Gasteiger partial charge in [-0.15, -0.1) is 24.0 Å². The lowest BCUT2D eigenvalue weighted by Crippen LogP contribution is -2.41. The van der Waals surface area contributed by atoms with Gasteiger partial charge >= 0.3 is 0 Å². The highest BCUT2D eigenvalue weighted by atomic mass is 127. The van der Waals surface area contributed by atoms with Gasteiger partial charge in [0.1, 0.15) is 0 Å². The molecule has 1 aliphatic rings. The summed E-state index contributed by atoms with van der Waals surface area (Å²) in [5.74, 6) is 0.855. The van der Waals surface area contributed by atoms with E-state index in [2.05, 4.69) is 27.8 Å². The molecular formula is C19H31ClIN3O2. The van der Waals surface area contributed by atoms with Crippen molar-refractivity contribution in [3.8, 4) is 0 Å². The second-order valence-electron chi connectivity index (χ2n) is 6.46. The summed E-state index contributed by atoms with van der Waals surface area (Å²) in [5, 5.41) is 7.63. The van der Waals surface area contributed by atoms with Crippen molar-refractivity contribution in [2.45, 2.75) is 31.1 Å². The first-order valence-corrected chi connectivity index (χ1v) is 9.35. The largest absolute Gasteiger partial charge is 0.382 e. The maximum absolute atomic E-state index is 6.13. The smallest absolute Gasteiger partial charge is 0.191 e. The van der Waals surface area contributed by atoms with Crippen LogP contribution in [0.25, 0.3) is 0 Å². The summed E-state index contributed by atoms with van der Waals surface area (Å²) in [5.41, 5.74) is 1.52. The van der Waals surface area contributed by atoms with Gasteiger partial charge in [-0.1, -0.05) is 23.7 Å². The Kier molecular flexibility index (Phi) is 11.5. The summed E-state index contributed by atoms with van der Waals surface area (Å²) in [6.07, 6.45) is 4.46. The molecule has 2 N–H and O–H groups in total. The number of hydrogen-bond donors (Lipinski definition) is 2. The highest BCUT2D eigenvalue weighted by Gasteiger charge is 2.44. The summed E-state index contributed by atoms with van der Waals surface area (Å²) in [7, 11) is 3.49. The zero-order valence-corrected chi connectivity index (χ0v) is 18.8. The molecule has 1 aromatic carbocycles. The topological polar surface area (TPSA) is 54.9 Å². The standard InChI is InChI=1S/C19H30ClN3O2.HI/c1-21-18(22-10-3-4-11-25-13-12-24-2)23-15-19(8-9-19)16-6-5-7-17(20)14-16;/h5-7,14H,3-4,8-13,15H2,1-2H3,(H2,21,22,23);1H. The first-order chi connectivity index (χ1) is 12.2. The van der Waals surface area contributed by atoms with E-state index in [4.69, 9.17) is 21.1 Å². The van der Waals surface area contributed by atoms with Crippen LogP contribution in [-0.2, 0) is 14.9 Å². The molecule has 1 aromatic rings. The molecule has 0 saturated heterocycles. The van der Waals surface area contributed by atoms with Crippen molar-refractivity contribution in [1.82, 2.24) is 10.6 Å². The molecule has 1 saturated carbocycles. The van der Waals surface area contributed by atoms with E-state index < -0.39 is 0 Å². The summed E-state index contributed by atoms with van der Waals surface area (Å²) >= 11 is 6.13. The fourth-order valence-corrected chi connectivity index (χ4v) is 2.98. The third-order valence-electron chi connectivity index (χ3n) is 4.55. The number of guanidine groups is 1. The Morgan fingerprint density at radius 2 is 2.00 bits per heavy atom. The molecule has 1 fully saturated rings. The molecule has 26 heavy (non-hydrogen) atoms. The van der Waals surface area contributed by atoms with Gasteiger partial charge in [0.15, 0.2) is 5.96 Å². The predicted octanol–water partition coefficient (Wildman–Crippen LogP) is 3.60. The van der Waals surface area contributed by atoms with E-state index in [0.29, 0.717) is 13.2 Å². The number of ether oxygens (including phenoxy) is 2. The Hall–Kier alpha value is -0.570. The normalized spacial score (nSPS) is 15.3. The lowest BCUT2D eigenvalue weighted by molar-refractivity contribution is 0.0689. The minimum absolute atomic E-state index is 0. The monoisotopic (exact) mass is 495 g/mol. The minimum atomic E-state index is 0. The van der Waals surface area contributed by atoms with Crippen LogP contribution in [0.15, 0.2) is 29.3 Å². The highest BCUT2D eigenvalue weighted by molar-refractivity contribution is 14.0. The molecule has 5 nitrogen and oxygen atoms in total. The van der Waals surface area contributed by atoms with Gasteiger partial charge in [0.25, 0.3) is 0 Å². The highest BCUT2D eigenvalue weighted by Crippen LogP contribution is 2.48. The molecule has 0 aromatic heterocycles. The van der Waals surface area contributed by atoms with Crippen LogP contribution in [0.5, 0.6) is 0 Å². The minimum Gasteiger partial charge on any atom is -0.382 e. The maximum Gasteiger partial charge on any atom is 0.191 e. The van der Waals surface area contributed by atoms with Gasteiger partial charge in [0.2, 0.25) is 0 Å². The summed E-state index contributed by atoms with van der Waals surface area (Å²) in [6, 6.07) is 8.20. The molecule has 0 heterocycles. The van der Waals surface area contributed by atoms with E-state index in [9.17, 15) is 0 Å². The van der Waals surface area contributed by atoms with E-state index >= 15 is 0 Å². The van der Waals surface area contributed by atoms with E-state index in [-0.39, 0.29) is 29.4 Å². The quantitative estimate of drug-likeness (QED) is 0.213. The second kappa shape index (κ2) is 12.8. The van der Waals surface area contributed by atoms with Gasteiger partial charge in [-0.2, -0.15) is 0 Å². The first-order valence-electron chi connectivity index (χ1n) is 8.97. The molecule has 2 rings (SSSR count). The van der Waals surface area contributed by atoms with E-state index in [1.54, 1.807) is 7.11 Å². The fraction of sp³-hybridized carbons (Fsp3) is 0.632. The van der Waals surface area contributed by atoms with Crippen molar-refractivity contribution in [2.75, 3.05) is 47.1 Å². The van der Waals surface area contributed by atoms with Crippen LogP contribution in [0, 0.1) is 0 Å². The number of methoxy groups -OCH3 is 1. The van der Waals surface area contributed by atoms with Crippen molar-refractivity contribution in [2.24, 2.45) is 4.99 Å². The van der Waals surface area contributed by atoms with Gasteiger partial charge in [-0.3, -0.25) is 4.99 Å². The van der Waals surface area contributed by atoms with Crippen molar-refractivity contribution in [1.29, 1.82) is 0 Å². The van der Waals surface area contributed by atoms with E-state index in [0.717, 1.165) is 43.5 Å². The molecule has 0 atom stereocenters. The molecule has 0 bridgehead atoms. The zero-order chi connectivity index (χ0) is 18.0. The van der Waals surface area contributed by atoms with E-state index in [1.165, 1.54) is 18.4 Å². The first kappa shape index (κ1) is 23.5. The van der Waals surface area contributed by atoms with Crippen molar-refractivity contribution in [3.05, 3.63) is 34.9 Å². The summed E-state index contributed by atoms with van der Waals surface area (Å²) < 4.78 is 10.4. The number of rotatable bonds is 11. The maximum atomic E-state index is 6.13. The van der Waals surface area contributed by atoms with Crippen molar-refractivity contribution < 1.29 is 9.47 Å². The molecule has 0 spiro atoms. The second-order valence-corrected chi connectivity index (χ2v) is 6.89. The van der Waals surface area contributed by atoms with Crippen LogP contribution in [0.1, 0.15) is 31.2 Å². The van der Waals surface area contributed by atoms with Crippen LogP contribution in [0.4, 0.5) is 0 Å². The Labute approximate surface area is 179 Å². The molecule has 0 unspecified atom stereocenters. The van der Waals surface area contributed by atoms with Crippen LogP contribution in [-0.4, -0.2) is 53.0 Å². The van der Waals surface area contributed by atoms with E-state index in [1.807, 2.05) is 19.2 Å². The SMILES string of the molecule is CN=C(NCCCCOCCOC)NCC1(c2cccc(Cl)c2)CC1.I.